The van der Waals surface area contributed by atoms with Crippen LogP contribution in [0.5, 0.6) is 5.75 Å². The molecule has 0 heterocycles. The lowest BCUT2D eigenvalue weighted by Gasteiger charge is -2.10. The number of hydrazone groups is 1. The largest absolute Gasteiger partial charge is 0.483 e. The normalized spacial score (nSPS) is 10.5. The Hall–Kier alpha value is -3.64. The maximum absolute atomic E-state index is 12.1. The number of rotatable bonds is 7. The second-order valence-corrected chi connectivity index (χ2v) is 6.39. The van der Waals surface area contributed by atoms with Crippen molar-refractivity contribution >= 4 is 35.3 Å². The van der Waals surface area contributed by atoms with Gasteiger partial charge in [-0.15, -0.1) is 0 Å². The molecule has 0 saturated carbocycles. The van der Waals surface area contributed by atoms with E-state index in [9.17, 15) is 9.59 Å². The second kappa shape index (κ2) is 10.1. The average molecular weight is 408 g/mol. The number of carbonyl (C=O) groups is 2. The first kappa shape index (κ1) is 20.1. The Morgan fingerprint density at radius 2 is 1.66 bits per heavy atom. The fourth-order valence-electron chi connectivity index (χ4n) is 2.43. The van der Waals surface area contributed by atoms with Gasteiger partial charge in [0.15, 0.2) is 6.61 Å². The van der Waals surface area contributed by atoms with Gasteiger partial charge < -0.3 is 10.1 Å². The van der Waals surface area contributed by atoms with E-state index in [0.717, 1.165) is 0 Å². The Bertz CT molecular complexity index is 1010. The highest BCUT2D eigenvalue weighted by molar-refractivity contribution is 6.30. The van der Waals surface area contributed by atoms with Crippen molar-refractivity contribution in [2.45, 2.75) is 0 Å². The minimum atomic E-state index is -0.339. The fraction of sp³-hybridized carbons (Fsp3) is 0.0455. The number of nitrogens with zero attached hydrogens (tertiary/aromatic N) is 1. The summed E-state index contributed by atoms with van der Waals surface area (Å²) >= 11 is 6.04. The Morgan fingerprint density at radius 3 is 2.38 bits per heavy atom. The topological polar surface area (TPSA) is 79.8 Å². The highest BCUT2D eigenvalue weighted by Crippen LogP contribution is 2.21. The fourth-order valence-corrected chi connectivity index (χ4v) is 2.61. The molecular formula is C22H18ClN3O3. The molecule has 0 aliphatic rings. The molecule has 2 N–H and O–H groups in total. The molecule has 3 rings (SSSR count). The molecule has 0 bridgehead atoms. The number of amides is 2. The van der Waals surface area contributed by atoms with Gasteiger partial charge in [-0.3, -0.25) is 9.59 Å². The van der Waals surface area contributed by atoms with Gasteiger partial charge in [0.2, 0.25) is 0 Å². The molecule has 0 fully saturated rings. The second-order valence-electron chi connectivity index (χ2n) is 5.95. The first-order valence-electron chi connectivity index (χ1n) is 8.77. The summed E-state index contributed by atoms with van der Waals surface area (Å²) in [4.78, 5) is 24.1. The molecule has 0 aromatic heterocycles. The summed E-state index contributed by atoms with van der Waals surface area (Å²) in [5, 5.41) is 7.16. The zero-order valence-electron chi connectivity index (χ0n) is 15.3. The maximum Gasteiger partial charge on any atom is 0.271 e. The summed E-state index contributed by atoms with van der Waals surface area (Å²) in [6.07, 6.45) is 1.41. The molecule has 0 atom stereocenters. The van der Waals surface area contributed by atoms with Gasteiger partial charge in [0, 0.05) is 21.8 Å². The molecule has 0 aliphatic carbocycles. The molecule has 0 aliphatic heterocycles. The quantitative estimate of drug-likeness (QED) is 0.456. The summed E-state index contributed by atoms with van der Waals surface area (Å²) in [7, 11) is 0. The lowest BCUT2D eigenvalue weighted by molar-refractivity contribution is -0.118. The van der Waals surface area contributed by atoms with Gasteiger partial charge >= 0.3 is 0 Å². The van der Waals surface area contributed by atoms with Crippen molar-refractivity contribution in [2.75, 3.05) is 11.9 Å². The van der Waals surface area contributed by atoms with Crippen LogP contribution in [-0.2, 0) is 4.79 Å². The predicted octanol–water partition coefficient (Wildman–Crippen LogP) is 4.12. The van der Waals surface area contributed by atoms with Crippen molar-refractivity contribution in [1.82, 2.24) is 5.43 Å². The van der Waals surface area contributed by atoms with E-state index in [2.05, 4.69) is 15.8 Å². The lowest BCUT2D eigenvalue weighted by Crippen LogP contribution is -2.20. The summed E-state index contributed by atoms with van der Waals surface area (Å²) in [6, 6.07) is 22.7. The SMILES string of the molecule is O=C(COc1ccc(Cl)cc1/C=N/NC(=O)c1ccccc1)Nc1ccccc1. The van der Waals surface area contributed by atoms with E-state index in [-0.39, 0.29) is 18.4 Å². The molecule has 6 nitrogen and oxygen atoms in total. The third-order valence-electron chi connectivity index (χ3n) is 3.79. The van der Waals surface area contributed by atoms with Crippen molar-refractivity contribution in [3.05, 3.63) is 95.0 Å². The third-order valence-corrected chi connectivity index (χ3v) is 4.03. The number of anilines is 1. The molecule has 0 saturated heterocycles. The Balaban J connectivity index is 1.61. The highest BCUT2D eigenvalue weighted by Gasteiger charge is 2.08. The van der Waals surface area contributed by atoms with Crippen LogP contribution in [0.15, 0.2) is 84.0 Å². The van der Waals surface area contributed by atoms with E-state index < -0.39 is 0 Å². The maximum atomic E-state index is 12.1. The van der Waals surface area contributed by atoms with Crippen LogP contribution in [0, 0.1) is 0 Å². The van der Waals surface area contributed by atoms with E-state index in [0.29, 0.717) is 27.6 Å². The van der Waals surface area contributed by atoms with Crippen LogP contribution < -0.4 is 15.5 Å². The summed E-state index contributed by atoms with van der Waals surface area (Å²) < 4.78 is 5.59. The van der Waals surface area contributed by atoms with Gasteiger partial charge in [0.1, 0.15) is 5.75 Å². The van der Waals surface area contributed by atoms with Crippen molar-refractivity contribution in [3.8, 4) is 5.75 Å². The average Bonchev–Trinajstić information content (AvgIpc) is 2.74. The Kier molecular flexibility index (Phi) is 6.97. The highest BCUT2D eigenvalue weighted by atomic mass is 35.5. The van der Waals surface area contributed by atoms with Gasteiger partial charge in [0.05, 0.1) is 6.21 Å². The van der Waals surface area contributed by atoms with Crippen LogP contribution in [-0.4, -0.2) is 24.6 Å². The first-order chi connectivity index (χ1) is 14.1. The number of halogens is 1. The van der Waals surface area contributed by atoms with Crippen molar-refractivity contribution in [3.63, 3.8) is 0 Å². The number of carbonyl (C=O) groups excluding carboxylic acids is 2. The van der Waals surface area contributed by atoms with Gasteiger partial charge in [-0.2, -0.15) is 5.10 Å². The van der Waals surface area contributed by atoms with E-state index in [4.69, 9.17) is 16.3 Å². The minimum absolute atomic E-state index is 0.187. The number of ether oxygens (including phenoxy) is 1. The van der Waals surface area contributed by atoms with E-state index in [1.54, 1.807) is 54.6 Å². The summed E-state index contributed by atoms with van der Waals surface area (Å²) in [6.45, 7) is -0.187. The Morgan fingerprint density at radius 1 is 0.966 bits per heavy atom. The van der Waals surface area contributed by atoms with E-state index in [1.807, 2.05) is 24.3 Å². The molecule has 0 radical (unpaired) electrons. The summed E-state index contributed by atoms with van der Waals surface area (Å²) in [5.41, 5.74) is 4.14. The van der Waals surface area contributed by atoms with E-state index >= 15 is 0 Å². The predicted molar refractivity (Wildman–Crippen MR) is 114 cm³/mol. The molecule has 3 aromatic rings. The number of hydrogen-bond acceptors (Lipinski definition) is 4. The zero-order valence-corrected chi connectivity index (χ0v) is 16.1. The standard InChI is InChI=1S/C22H18ClN3O3/c23-18-11-12-20(29-15-21(27)25-19-9-5-2-6-10-19)17(13-18)14-24-26-22(28)16-7-3-1-4-8-16/h1-14H,15H2,(H,25,27)(H,26,28)/b24-14+. The van der Waals surface area contributed by atoms with Gasteiger partial charge in [-0.1, -0.05) is 48.0 Å². The number of para-hydroxylation sites is 1. The van der Waals surface area contributed by atoms with Crippen LogP contribution in [0.3, 0.4) is 0 Å². The molecule has 7 heteroatoms. The van der Waals surface area contributed by atoms with Gasteiger partial charge in [0.25, 0.3) is 11.8 Å². The minimum Gasteiger partial charge on any atom is -0.483 e. The van der Waals surface area contributed by atoms with Crippen LogP contribution in [0.1, 0.15) is 15.9 Å². The molecule has 29 heavy (non-hydrogen) atoms. The molecule has 0 unspecified atom stereocenters. The monoisotopic (exact) mass is 407 g/mol. The van der Waals surface area contributed by atoms with Crippen LogP contribution >= 0.6 is 11.6 Å². The lowest BCUT2D eigenvalue weighted by atomic mass is 10.2. The molecular weight excluding hydrogens is 390 g/mol. The summed E-state index contributed by atoms with van der Waals surface area (Å²) in [5.74, 6) is -0.227. The number of benzene rings is 3. The van der Waals surface area contributed by atoms with Crippen molar-refractivity contribution in [1.29, 1.82) is 0 Å². The van der Waals surface area contributed by atoms with Gasteiger partial charge in [-0.05, 0) is 42.5 Å². The number of nitrogens with one attached hydrogen (secondary N) is 2. The van der Waals surface area contributed by atoms with E-state index in [1.165, 1.54) is 6.21 Å². The first-order valence-corrected chi connectivity index (χ1v) is 9.15. The smallest absolute Gasteiger partial charge is 0.271 e. The van der Waals surface area contributed by atoms with Crippen molar-refractivity contribution < 1.29 is 14.3 Å². The van der Waals surface area contributed by atoms with Crippen LogP contribution in [0.25, 0.3) is 0 Å². The molecule has 3 aromatic carbocycles. The van der Waals surface area contributed by atoms with Crippen LogP contribution in [0.2, 0.25) is 5.02 Å². The number of hydrogen-bond donors (Lipinski definition) is 2. The Labute approximate surface area is 173 Å². The zero-order chi connectivity index (χ0) is 20.5. The third kappa shape index (κ3) is 6.19. The van der Waals surface area contributed by atoms with Gasteiger partial charge in [-0.25, -0.2) is 5.43 Å². The van der Waals surface area contributed by atoms with Crippen molar-refractivity contribution in [2.24, 2.45) is 5.10 Å². The van der Waals surface area contributed by atoms with Crippen LogP contribution in [0.4, 0.5) is 5.69 Å². The molecule has 146 valence electrons. The molecule has 2 amide bonds. The molecule has 0 spiro atoms.